The number of carboxylic acid groups (broad SMARTS) is 1. The fourth-order valence-electron chi connectivity index (χ4n) is 1.72. The first-order valence-electron chi connectivity index (χ1n) is 5.41. The van der Waals surface area contributed by atoms with Crippen LogP contribution in [0.1, 0.15) is 19.3 Å². The Kier molecular flexibility index (Phi) is 3.95. The van der Waals surface area contributed by atoms with Gasteiger partial charge in [-0.1, -0.05) is 34.8 Å². The Balaban J connectivity index is 2.03. The average molecular weight is 310 g/mol. The monoisotopic (exact) mass is 308 g/mol. The Bertz CT molecular complexity index is 484. The van der Waals surface area contributed by atoms with E-state index in [1.165, 1.54) is 6.07 Å². The van der Waals surface area contributed by atoms with Crippen molar-refractivity contribution < 1.29 is 14.6 Å². The zero-order chi connectivity index (χ0) is 13.3. The second kappa shape index (κ2) is 5.16. The maximum absolute atomic E-state index is 10.7. The van der Waals surface area contributed by atoms with Crippen LogP contribution in [0.25, 0.3) is 0 Å². The quantitative estimate of drug-likeness (QED) is 0.826. The molecule has 3 nitrogen and oxygen atoms in total. The molecule has 0 unspecified atom stereocenters. The lowest BCUT2D eigenvalue weighted by molar-refractivity contribution is -0.138. The second-order valence-corrected chi connectivity index (χ2v) is 5.78. The van der Waals surface area contributed by atoms with Crippen LogP contribution in [0.2, 0.25) is 15.1 Å². The fraction of sp³-hybridized carbons (Fsp3) is 0.417. The van der Waals surface area contributed by atoms with E-state index in [1.54, 1.807) is 6.07 Å². The van der Waals surface area contributed by atoms with Crippen LogP contribution in [-0.2, 0) is 4.79 Å². The SMILES string of the molecule is O=C(O)CC1(COc2cc(Cl)c(Cl)cc2Cl)CC1. The molecule has 0 amide bonds. The largest absolute Gasteiger partial charge is 0.491 e. The van der Waals surface area contributed by atoms with Crippen molar-refractivity contribution in [3.05, 3.63) is 27.2 Å². The zero-order valence-corrected chi connectivity index (χ0v) is 11.6. The maximum atomic E-state index is 10.7. The van der Waals surface area contributed by atoms with E-state index in [-0.39, 0.29) is 11.8 Å². The number of halogens is 3. The van der Waals surface area contributed by atoms with Gasteiger partial charge in [0.15, 0.2) is 0 Å². The van der Waals surface area contributed by atoms with E-state index in [0.29, 0.717) is 27.4 Å². The van der Waals surface area contributed by atoms with Crippen LogP contribution in [0.3, 0.4) is 0 Å². The minimum Gasteiger partial charge on any atom is -0.491 e. The van der Waals surface area contributed by atoms with Crippen molar-refractivity contribution in [3.63, 3.8) is 0 Å². The van der Waals surface area contributed by atoms with Gasteiger partial charge in [-0.25, -0.2) is 0 Å². The molecule has 0 saturated heterocycles. The molecule has 1 fully saturated rings. The first-order chi connectivity index (χ1) is 8.42. The number of carbonyl (C=O) groups is 1. The van der Waals surface area contributed by atoms with Crippen LogP contribution in [0.15, 0.2) is 12.1 Å². The van der Waals surface area contributed by atoms with E-state index in [4.69, 9.17) is 44.6 Å². The second-order valence-electron chi connectivity index (χ2n) is 4.56. The lowest BCUT2D eigenvalue weighted by Gasteiger charge is -2.15. The van der Waals surface area contributed by atoms with Gasteiger partial charge in [0.1, 0.15) is 5.75 Å². The van der Waals surface area contributed by atoms with Crippen molar-refractivity contribution >= 4 is 40.8 Å². The van der Waals surface area contributed by atoms with Gasteiger partial charge >= 0.3 is 5.97 Å². The van der Waals surface area contributed by atoms with Gasteiger partial charge in [0.25, 0.3) is 0 Å². The van der Waals surface area contributed by atoms with E-state index in [2.05, 4.69) is 0 Å². The van der Waals surface area contributed by atoms with Crippen molar-refractivity contribution in [2.75, 3.05) is 6.61 Å². The van der Waals surface area contributed by atoms with Crippen LogP contribution < -0.4 is 4.74 Å². The summed E-state index contributed by atoms with van der Waals surface area (Å²) in [6, 6.07) is 3.06. The van der Waals surface area contributed by atoms with Gasteiger partial charge in [-0.3, -0.25) is 4.79 Å². The number of benzene rings is 1. The number of carboxylic acids is 1. The Morgan fingerprint density at radius 3 is 2.39 bits per heavy atom. The summed E-state index contributed by atoms with van der Waals surface area (Å²) < 4.78 is 5.56. The van der Waals surface area contributed by atoms with Gasteiger partial charge < -0.3 is 9.84 Å². The molecule has 0 spiro atoms. The molecule has 0 aromatic heterocycles. The molecule has 1 aromatic carbocycles. The highest BCUT2D eigenvalue weighted by Gasteiger charge is 2.45. The molecule has 1 aromatic rings. The fourth-order valence-corrected chi connectivity index (χ4v) is 2.31. The maximum Gasteiger partial charge on any atom is 0.304 e. The van der Waals surface area contributed by atoms with Gasteiger partial charge in [0, 0.05) is 11.5 Å². The molecule has 1 N–H and O–H groups in total. The lowest BCUT2D eigenvalue weighted by atomic mass is 10.0. The smallest absolute Gasteiger partial charge is 0.304 e. The van der Waals surface area contributed by atoms with Crippen LogP contribution in [0, 0.1) is 5.41 Å². The number of hydrogen-bond donors (Lipinski definition) is 1. The van der Waals surface area contributed by atoms with Crippen molar-refractivity contribution in [2.24, 2.45) is 5.41 Å². The normalized spacial score (nSPS) is 16.4. The highest BCUT2D eigenvalue weighted by Crippen LogP contribution is 2.49. The summed E-state index contributed by atoms with van der Waals surface area (Å²) in [5.41, 5.74) is -0.249. The summed E-state index contributed by atoms with van der Waals surface area (Å²) in [4.78, 5) is 10.7. The van der Waals surface area contributed by atoms with Gasteiger partial charge in [-0.05, 0) is 18.9 Å². The van der Waals surface area contributed by atoms with Crippen LogP contribution in [-0.4, -0.2) is 17.7 Å². The molecule has 0 heterocycles. The van der Waals surface area contributed by atoms with E-state index >= 15 is 0 Å². The summed E-state index contributed by atoms with van der Waals surface area (Å²) in [6.45, 7) is 0.330. The molecule has 0 aliphatic heterocycles. The lowest BCUT2D eigenvalue weighted by Crippen LogP contribution is -2.17. The Labute approximate surface area is 120 Å². The van der Waals surface area contributed by atoms with Crippen LogP contribution >= 0.6 is 34.8 Å². The van der Waals surface area contributed by atoms with Crippen molar-refractivity contribution in [1.29, 1.82) is 0 Å². The molecule has 1 aliphatic carbocycles. The molecular formula is C12H11Cl3O3. The molecule has 2 rings (SSSR count). The molecule has 0 atom stereocenters. The zero-order valence-electron chi connectivity index (χ0n) is 9.38. The van der Waals surface area contributed by atoms with E-state index < -0.39 is 5.97 Å². The molecule has 1 saturated carbocycles. The highest BCUT2D eigenvalue weighted by atomic mass is 35.5. The summed E-state index contributed by atoms with van der Waals surface area (Å²) in [5.74, 6) is -0.376. The van der Waals surface area contributed by atoms with Crippen molar-refractivity contribution in [3.8, 4) is 5.75 Å². The number of ether oxygens (including phenoxy) is 1. The molecule has 6 heteroatoms. The molecular weight excluding hydrogens is 298 g/mol. The molecule has 98 valence electrons. The van der Waals surface area contributed by atoms with Gasteiger partial charge in [0.2, 0.25) is 0 Å². The van der Waals surface area contributed by atoms with E-state index in [0.717, 1.165) is 12.8 Å². The Morgan fingerprint density at radius 1 is 1.22 bits per heavy atom. The summed E-state index contributed by atoms with van der Waals surface area (Å²) in [6.07, 6.45) is 1.84. The summed E-state index contributed by atoms with van der Waals surface area (Å²) >= 11 is 17.7. The molecule has 1 aliphatic rings. The average Bonchev–Trinajstić information content (AvgIpc) is 3.01. The van der Waals surface area contributed by atoms with Gasteiger partial charge in [-0.2, -0.15) is 0 Å². The minimum atomic E-state index is -0.809. The highest BCUT2D eigenvalue weighted by molar-refractivity contribution is 6.43. The van der Waals surface area contributed by atoms with Crippen molar-refractivity contribution in [2.45, 2.75) is 19.3 Å². The van der Waals surface area contributed by atoms with Crippen LogP contribution in [0.4, 0.5) is 0 Å². The summed E-state index contributed by atoms with van der Waals surface area (Å²) in [7, 11) is 0. The molecule has 0 bridgehead atoms. The predicted octanol–water partition coefficient (Wildman–Crippen LogP) is 4.28. The van der Waals surface area contributed by atoms with Gasteiger partial charge in [-0.15, -0.1) is 0 Å². The number of hydrogen-bond acceptors (Lipinski definition) is 2. The Morgan fingerprint density at radius 2 is 1.83 bits per heavy atom. The van der Waals surface area contributed by atoms with Crippen molar-refractivity contribution in [1.82, 2.24) is 0 Å². The first kappa shape index (κ1) is 13.8. The first-order valence-corrected chi connectivity index (χ1v) is 6.54. The standard InChI is InChI=1S/C12H11Cl3O3/c13-7-3-9(15)10(4-8(7)14)18-6-12(1-2-12)5-11(16)17/h3-4H,1-2,5-6H2,(H,16,17). The van der Waals surface area contributed by atoms with E-state index in [1.807, 2.05) is 0 Å². The summed E-state index contributed by atoms with van der Waals surface area (Å²) in [5, 5.41) is 9.89. The minimum absolute atomic E-state index is 0.117. The number of aliphatic carboxylic acids is 1. The third kappa shape index (κ3) is 3.22. The Hall–Kier alpha value is -0.640. The third-order valence-corrected chi connectivity index (χ3v) is 4.01. The van der Waals surface area contributed by atoms with E-state index in [9.17, 15) is 4.79 Å². The van der Waals surface area contributed by atoms with Gasteiger partial charge in [0.05, 0.1) is 28.1 Å². The number of rotatable bonds is 5. The topological polar surface area (TPSA) is 46.5 Å². The molecule has 18 heavy (non-hydrogen) atoms. The molecule has 0 radical (unpaired) electrons. The predicted molar refractivity (Wildman–Crippen MR) is 70.9 cm³/mol. The van der Waals surface area contributed by atoms with Crippen LogP contribution in [0.5, 0.6) is 5.75 Å². The third-order valence-electron chi connectivity index (χ3n) is 2.99.